The van der Waals surface area contributed by atoms with E-state index in [4.69, 9.17) is 26.1 Å². The first-order valence-electron chi connectivity index (χ1n) is 9.88. The van der Waals surface area contributed by atoms with E-state index in [9.17, 15) is 4.79 Å². The van der Waals surface area contributed by atoms with Crippen molar-refractivity contribution in [3.8, 4) is 11.5 Å². The Morgan fingerprint density at radius 3 is 2.55 bits per heavy atom. The van der Waals surface area contributed by atoms with Crippen LogP contribution >= 0.6 is 24.0 Å². The monoisotopic (exact) mass is 451 g/mol. The fourth-order valence-electron chi connectivity index (χ4n) is 3.01. The first-order chi connectivity index (χ1) is 15.2. The number of hydrogen-bond donors (Lipinski definition) is 0. The van der Waals surface area contributed by atoms with Gasteiger partial charge in [-0.05, 0) is 36.4 Å². The van der Waals surface area contributed by atoms with Crippen LogP contribution < -0.4 is 9.47 Å². The lowest BCUT2D eigenvalue weighted by molar-refractivity contribution is -0.122. The molecule has 1 aromatic heterocycles. The number of thiocarbonyl (C=S) groups is 1. The summed E-state index contributed by atoms with van der Waals surface area (Å²) in [5.41, 5.74) is 0.838. The number of thioether (sulfide) groups is 1. The number of benzene rings is 2. The zero-order chi connectivity index (χ0) is 21.5. The molecule has 7 heteroatoms. The van der Waals surface area contributed by atoms with Gasteiger partial charge in [0.25, 0.3) is 5.91 Å². The van der Waals surface area contributed by atoms with Gasteiger partial charge in [-0.3, -0.25) is 9.69 Å². The van der Waals surface area contributed by atoms with E-state index >= 15 is 0 Å². The van der Waals surface area contributed by atoms with E-state index < -0.39 is 0 Å². The number of ether oxygens (including phenoxy) is 2. The van der Waals surface area contributed by atoms with Gasteiger partial charge in [0.15, 0.2) is 0 Å². The number of carbonyl (C=O) groups is 1. The summed E-state index contributed by atoms with van der Waals surface area (Å²) in [6.45, 7) is 1.41. The van der Waals surface area contributed by atoms with Crippen molar-refractivity contribution >= 4 is 40.3 Å². The second kappa shape index (κ2) is 10.3. The van der Waals surface area contributed by atoms with Crippen LogP contribution in [0.3, 0.4) is 0 Å². The average Bonchev–Trinajstić information content (AvgIpc) is 3.39. The summed E-state index contributed by atoms with van der Waals surface area (Å²) in [4.78, 5) is 15.0. The predicted octanol–water partition coefficient (Wildman–Crippen LogP) is 5.53. The second-order valence-electron chi connectivity index (χ2n) is 6.75. The molecule has 1 amide bonds. The summed E-state index contributed by atoms with van der Waals surface area (Å²) >= 11 is 6.69. The molecule has 0 N–H and O–H groups in total. The van der Waals surface area contributed by atoms with Gasteiger partial charge in [-0.2, -0.15) is 0 Å². The molecule has 1 saturated heterocycles. The van der Waals surface area contributed by atoms with Crippen molar-refractivity contribution in [2.75, 3.05) is 13.2 Å². The summed E-state index contributed by atoms with van der Waals surface area (Å²) < 4.78 is 17.5. The van der Waals surface area contributed by atoms with Crippen LogP contribution in [0.2, 0.25) is 0 Å². The maximum Gasteiger partial charge on any atom is 0.266 e. The highest BCUT2D eigenvalue weighted by Crippen LogP contribution is 2.35. The Kier molecular flexibility index (Phi) is 7.07. The molecular formula is C24H21NO4S2. The number of para-hydroxylation sites is 2. The lowest BCUT2D eigenvalue weighted by Gasteiger charge is -2.12. The van der Waals surface area contributed by atoms with Crippen LogP contribution in [0.25, 0.3) is 6.08 Å². The Bertz CT molecular complexity index is 1060. The molecule has 0 aliphatic carbocycles. The summed E-state index contributed by atoms with van der Waals surface area (Å²) in [5.74, 6) is 2.13. The van der Waals surface area contributed by atoms with Crippen LogP contribution in [-0.2, 0) is 11.3 Å². The lowest BCUT2D eigenvalue weighted by Crippen LogP contribution is -2.27. The Balaban J connectivity index is 1.36. The molecule has 1 aliphatic rings. The SMILES string of the molecule is O=C1C(=Cc2ccccc2OCCCOc2ccccc2)SC(=S)N1Cc1ccco1. The summed E-state index contributed by atoms with van der Waals surface area (Å²) in [6.07, 6.45) is 4.16. The number of nitrogens with zero attached hydrogens (tertiary/aromatic N) is 1. The Labute approximate surface area is 190 Å². The smallest absolute Gasteiger partial charge is 0.266 e. The normalized spacial score (nSPS) is 15.0. The Morgan fingerprint density at radius 1 is 0.968 bits per heavy atom. The summed E-state index contributed by atoms with van der Waals surface area (Å²) in [6, 6.07) is 21.0. The third-order valence-electron chi connectivity index (χ3n) is 4.53. The average molecular weight is 452 g/mol. The van der Waals surface area contributed by atoms with E-state index in [1.165, 1.54) is 11.8 Å². The van der Waals surface area contributed by atoms with Crippen molar-refractivity contribution in [2.45, 2.75) is 13.0 Å². The minimum absolute atomic E-state index is 0.127. The second-order valence-corrected chi connectivity index (χ2v) is 8.42. The first-order valence-corrected chi connectivity index (χ1v) is 11.1. The molecule has 4 rings (SSSR count). The number of amides is 1. The molecule has 0 spiro atoms. The number of hydrogen-bond acceptors (Lipinski definition) is 6. The van der Waals surface area contributed by atoms with Gasteiger partial charge in [0.1, 0.15) is 21.6 Å². The van der Waals surface area contributed by atoms with Gasteiger partial charge in [0, 0.05) is 12.0 Å². The first kappa shape index (κ1) is 21.2. The maximum atomic E-state index is 12.8. The van der Waals surface area contributed by atoms with E-state index in [1.807, 2.05) is 66.7 Å². The number of furan rings is 1. The quantitative estimate of drug-likeness (QED) is 0.242. The Morgan fingerprint density at radius 2 is 1.74 bits per heavy atom. The highest BCUT2D eigenvalue weighted by Gasteiger charge is 2.32. The summed E-state index contributed by atoms with van der Waals surface area (Å²) in [7, 11) is 0. The molecule has 5 nitrogen and oxygen atoms in total. The van der Waals surface area contributed by atoms with Crippen molar-refractivity contribution in [1.82, 2.24) is 4.90 Å². The third-order valence-corrected chi connectivity index (χ3v) is 5.91. The van der Waals surface area contributed by atoms with Crippen LogP contribution in [0.4, 0.5) is 0 Å². The van der Waals surface area contributed by atoms with E-state index in [2.05, 4.69) is 0 Å². The Hall–Kier alpha value is -3.03. The third kappa shape index (κ3) is 5.57. The van der Waals surface area contributed by atoms with E-state index in [-0.39, 0.29) is 5.91 Å². The van der Waals surface area contributed by atoms with Gasteiger partial charge in [0.05, 0.1) is 30.9 Å². The molecule has 0 radical (unpaired) electrons. The molecule has 31 heavy (non-hydrogen) atoms. The number of rotatable bonds is 9. The number of carbonyl (C=O) groups excluding carboxylic acids is 1. The predicted molar refractivity (Wildman–Crippen MR) is 126 cm³/mol. The van der Waals surface area contributed by atoms with Crippen molar-refractivity contribution in [3.63, 3.8) is 0 Å². The standard InChI is InChI=1S/C24H21NO4S2/c26-23-22(31-24(30)25(23)17-20-11-6-13-28-20)16-18-8-4-5-12-21(18)29-15-7-14-27-19-9-2-1-3-10-19/h1-6,8-13,16H,7,14-15,17H2. The fourth-order valence-corrected chi connectivity index (χ4v) is 4.26. The van der Waals surface area contributed by atoms with Gasteiger partial charge >= 0.3 is 0 Å². The molecule has 2 aromatic carbocycles. The van der Waals surface area contributed by atoms with Crippen molar-refractivity contribution < 1.29 is 18.7 Å². The molecule has 0 bridgehead atoms. The molecule has 1 aliphatic heterocycles. The van der Waals surface area contributed by atoms with Crippen molar-refractivity contribution in [2.24, 2.45) is 0 Å². The molecule has 2 heterocycles. The highest BCUT2D eigenvalue weighted by atomic mass is 32.2. The molecular weight excluding hydrogens is 430 g/mol. The van der Waals surface area contributed by atoms with E-state index in [0.717, 1.165) is 23.5 Å². The van der Waals surface area contributed by atoms with Crippen LogP contribution in [0.5, 0.6) is 11.5 Å². The fraction of sp³-hybridized carbons (Fsp3) is 0.167. The zero-order valence-corrected chi connectivity index (χ0v) is 18.4. The maximum absolute atomic E-state index is 12.8. The molecule has 0 atom stereocenters. The molecule has 1 fully saturated rings. The van der Waals surface area contributed by atoms with Gasteiger partial charge in [-0.25, -0.2) is 0 Å². The minimum Gasteiger partial charge on any atom is -0.493 e. The van der Waals surface area contributed by atoms with Crippen LogP contribution in [0.15, 0.2) is 82.3 Å². The topological polar surface area (TPSA) is 51.9 Å². The van der Waals surface area contributed by atoms with Crippen molar-refractivity contribution in [3.05, 3.63) is 89.2 Å². The zero-order valence-electron chi connectivity index (χ0n) is 16.7. The summed E-state index contributed by atoms with van der Waals surface area (Å²) in [5, 5.41) is 0. The van der Waals surface area contributed by atoms with Gasteiger partial charge in [-0.15, -0.1) is 0 Å². The molecule has 0 saturated carbocycles. The van der Waals surface area contributed by atoms with Gasteiger partial charge in [0.2, 0.25) is 0 Å². The molecule has 3 aromatic rings. The van der Waals surface area contributed by atoms with Gasteiger partial charge in [-0.1, -0.05) is 60.4 Å². The van der Waals surface area contributed by atoms with Crippen LogP contribution in [0, 0.1) is 0 Å². The van der Waals surface area contributed by atoms with Gasteiger partial charge < -0.3 is 13.9 Å². The largest absolute Gasteiger partial charge is 0.493 e. The van der Waals surface area contributed by atoms with Crippen molar-refractivity contribution in [1.29, 1.82) is 0 Å². The molecule has 158 valence electrons. The van der Waals surface area contributed by atoms with E-state index in [0.29, 0.717) is 34.7 Å². The molecule has 0 unspecified atom stereocenters. The lowest BCUT2D eigenvalue weighted by atomic mass is 10.2. The highest BCUT2D eigenvalue weighted by molar-refractivity contribution is 8.26. The van der Waals surface area contributed by atoms with Crippen LogP contribution in [0.1, 0.15) is 17.7 Å². The van der Waals surface area contributed by atoms with Crippen LogP contribution in [-0.4, -0.2) is 28.3 Å². The van der Waals surface area contributed by atoms with E-state index in [1.54, 1.807) is 17.2 Å². The minimum atomic E-state index is -0.127.